The number of halogens is 2. The molecule has 2 aromatic rings. The number of hydrogen-bond donors (Lipinski definition) is 1. The lowest BCUT2D eigenvalue weighted by Gasteiger charge is -2.26. The number of amides is 1. The van der Waals surface area contributed by atoms with Crippen molar-refractivity contribution in [2.45, 2.75) is 11.4 Å². The molecule has 1 heterocycles. The topological polar surface area (TPSA) is 75.7 Å². The average molecular weight is 413 g/mol. The molecule has 1 aliphatic rings. The van der Waals surface area contributed by atoms with Crippen LogP contribution in [0.4, 0.5) is 4.39 Å². The first kappa shape index (κ1) is 19.8. The molecule has 0 aliphatic carbocycles. The molecule has 144 valence electrons. The number of hydrogen-bond acceptors (Lipinski definition) is 4. The van der Waals surface area contributed by atoms with Gasteiger partial charge in [-0.3, -0.25) is 4.79 Å². The van der Waals surface area contributed by atoms with Crippen molar-refractivity contribution in [3.05, 3.63) is 64.4 Å². The van der Waals surface area contributed by atoms with E-state index in [-0.39, 0.29) is 30.1 Å². The molecule has 3 rings (SSSR count). The summed E-state index contributed by atoms with van der Waals surface area (Å²) in [6, 6.07) is 10.0. The maximum atomic E-state index is 14.1. The van der Waals surface area contributed by atoms with Gasteiger partial charge in [0.05, 0.1) is 23.7 Å². The van der Waals surface area contributed by atoms with E-state index in [4.69, 9.17) is 16.3 Å². The van der Waals surface area contributed by atoms with Gasteiger partial charge in [0.15, 0.2) is 0 Å². The van der Waals surface area contributed by atoms with Gasteiger partial charge in [-0.15, -0.1) is 0 Å². The van der Waals surface area contributed by atoms with E-state index in [0.717, 1.165) is 23.8 Å². The summed E-state index contributed by atoms with van der Waals surface area (Å²) in [6.07, 6.45) is 0. The van der Waals surface area contributed by atoms with E-state index in [1.807, 2.05) is 0 Å². The van der Waals surface area contributed by atoms with Crippen molar-refractivity contribution in [3.8, 4) is 0 Å². The minimum absolute atomic E-state index is 0.123. The van der Waals surface area contributed by atoms with Crippen molar-refractivity contribution < 1.29 is 22.3 Å². The summed E-state index contributed by atoms with van der Waals surface area (Å²) in [6.45, 7) is 1.20. The molecular formula is C18H18ClFN2O4S. The SMILES string of the molecule is O=C(NCc1ccc(Cl)cc1)c1cc(S(=O)(=O)N2CCOCC2)ccc1F. The second-order valence-electron chi connectivity index (χ2n) is 5.97. The van der Waals surface area contributed by atoms with Crippen LogP contribution < -0.4 is 5.32 Å². The highest BCUT2D eigenvalue weighted by Gasteiger charge is 2.27. The van der Waals surface area contributed by atoms with Crippen LogP contribution in [0.15, 0.2) is 47.4 Å². The molecule has 0 unspecified atom stereocenters. The molecule has 1 aliphatic heterocycles. The van der Waals surface area contributed by atoms with E-state index >= 15 is 0 Å². The number of nitrogens with one attached hydrogen (secondary N) is 1. The van der Waals surface area contributed by atoms with E-state index in [1.54, 1.807) is 24.3 Å². The maximum absolute atomic E-state index is 14.1. The zero-order chi connectivity index (χ0) is 19.4. The Morgan fingerprint density at radius 2 is 1.81 bits per heavy atom. The van der Waals surface area contributed by atoms with Crippen molar-refractivity contribution >= 4 is 27.5 Å². The fourth-order valence-electron chi connectivity index (χ4n) is 2.65. The molecular weight excluding hydrogens is 395 g/mol. The molecule has 6 nitrogen and oxygen atoms in total. The van der Waals surface area contributed by atoms with Gasteiger partial charge in [0.25, 0.3) is 5.91 Å². The Morgan fingerprint density at radius 3 is 2.48 bits per heavy atom. The maximum Gasteiger partial charge on any atom is 0.254 e. The molecule has 0 spiro atoms. The third-order valence-corrected chi connectivity index (χ3v) is 6.30. The van der Waals surface area contributed by atoms with Gasteiger partial charge in [-0.2, -0.15) is 4.31 Å². The van der Waals surface area contributed by atoms with Crippen molar-refractivity contribution in [2.75, 3.05) is 26.3 Å². The van der Waals surface area contributed by atoms with Crippen LogP contribution in [0.1, 0.15) is 15.9 Å². The Balaban J connectivity index is 1.78. The van der Waals surface area contributed by atoms with Gasteiger partial charge in [-0.05, 0) is 35.9 Å². The van der Waals surface area contributed by atoms with Gasteiger partial charge in [-0.25, -0.2) is 12.8 Å². The average Bonchev–Trinajstić information content (AvgIpc) is 2.68. The van der Waals surface area contributed by atoms with Gasteiger partial charge in [0, 0.05) is 24.7 Å². The highest BCUT2D eigenvalue weighted by Crippen LogP contribution is 2.20. The Labute approximate surface area is 161 Å². The van der Waals surface area contributed by atoms with Gasteiger partial charge >= 0.3 is 0 Å². The second-order valence-corrected chi connectivity index (χ2v) is 8.34. The predicted octanol–water partition coefficient (Wildman–Crippen LogP) is 2.43. The quantitative estimate of drug-likeness (QED) is 0.818. The zero-order valence-electron chi connectivity index (χ0n) is 14.3. The summed E-state index contributed by atoms with van der Waals surface area (Å²) in [4.78, 5) is 12.2. The minimum atomic E-state index is -3.81. The van der Waals surface area contributed by atoms with Gasteiger partial charge in [0.1, 0.15) is 5.82 Å². The Morgan fingerprint density at radius 1 is 1.15 bits per heavy atom. The van der Waals surface area contributed by atoms with Crippen LogP contribution >= 0.6 is 11.6 Å². The molecule has 2 aromatic carbocycles. The van der Waals surface area contributed by atoms with E-state index in [2.05, 4.69) is 5.32 Å². The molecule has 9 heteroatoms. The number of ether oxygens (including phenoxy) is 1. The first-order chi connectivity index (χ1) is 12.9. The number of benzene rings is 2. The highest BCUT2D eigenvalue weighted by atomic mass is 35.5. The Bertz CT molecular complexity index is 929. The molecule has 0 atom stereocenters. The number of sulfonamides is 1. The van der Waals surface area contributed by atoms with Crippen molar-refractivity contribution in [3.63, 3.8) is 0 Å². The van der Waals surface area contributed by atoms with Crippen LogP contribution in [0.3, 0.4) is 0 Å². The summed E-state index contributed by atoms with van der Waals surface area (Å²) in [5.74, 6) is -1.48. The number of morpholine rings is 1. The number of rotatable bonds is 5. The van der Waals surface area contributed by atoms with E-state index in [0.29, 0.717) is 18.2 Å². The molecule has 0 aromatic heterocycles. The third kappa shape index (κ3) is 4.65. The Hall–Kier alpha value is -2.00. The standard InChI is InChI=1S/C18H18ClFN2O4S/c19-14-3-1-13(2-4-14)12-21-18(23)16-11-15(5-6-17(16)20)27(24,25)22-7-9-26-10-8-22/h1-6,11H,7-10,12H2,(H,21,23). The molecule has 0 radical (unpaired) electrons. The first-order valence-corrected chi connectivity index (χ1v) is 10.1. The zero-order valence-corrected chi connectivity index (χ0v) is 15.9. The van der Waals surface area contributed by atoms with Crippen molar-refractivity contribution in [1.29, 1.82) is 0 Å². The van der Waals surface area contributed by atoms with E-state index in [9.17, 15) is 17.6 Å². The van der Waals surface area contributed by atoms with Gasteiger partial charge < -0.3 is 10.1 Å². The summed E-state index contributed by atoms with van der Waals surface area (Å²) >= 11 is 5.81. The van der Waals surface area contributed by atoms with E-state index in [1.165, 1.54) is 4.31 Å². The fourth-order valence-corrected chi connectivity index (χ4v) is 4.22. The fraction of sp³-hybridized carbons (Fsp3) is 0.278. The lowest BCUT2D eigenvalue weighted by Crippen LogP contribution is -2.40. The predicted molar refractivity (Wildman–Crippen MR) is 98.6 cm³/mol. The summed E-state index contributed by atoms with van der Waals surface area (Å²) in [5, 5.41) is 3.15. The normalized spacial score (nSPS) is 15.5. The van der Waals surface area contributed by atoms with Crippen molar-refractivity contribution in [1.82, 2.24) is 9.62 Å². The lowest BCUT2D eigenvalue weighted by molar-refractivity contribution is 0.0730. The van der Waals surface area contributed by atoms with Crippen molar-refractivity contribution in [2.24, 2.45) is 0 Å². The van der Waals surface area contributed by atoms with Crippen LogP contribution in [0.25, 0.3) is 0 Å². The first-order valence-electron chi connectivity index (χ1n) is 8.28. The third-order valence-electron chi connectivity index (χ3n) is 4.16. The summed E-state index contributed by atoms with van der Waals surface area (Å²) in [5.41, 5.74) is 0.462. The van der Waals surface area contributed by atoms with Crippen LogP contribution in [-0.4, -0.2) is 44.9 Å². The molecule has 1 N–H and O–H groups in total. The smallest absolute Gasteiger partial charge is 0.254 e. The van der Waals surface area contributed by atoms with Crippen LogP contribution in [0.2, 0.25) is 5.02 Å². The molecule has 1 amide bonds. The lowest BCUT2D eigenvalue weighted by atomic mass is 10.2. The summed E-state index contributed by atoms with van der Waals surface area (Å²) < 4.78 is 45.9. The van der Waals surface area contributed by atoms with E-state index < -0.39 is 21.7 Å². The van der Waals surface area contributed by atoms with Gasteiger partial charge in [-0.1, -0.05) is 23.7 Å². The number of carbonyl (C=O) groups excluding carboxylic acids is 1. The van der Waals surface area contributed by atoms with Crippen LogP contribution in [0.5, 0.6) is 0 Å². The minimum Gasteiger partial charge on any atom is -0.379 e. The van der Waals surface area contributed by atoms with Crippen LogP contribution in [-0.2, 0) is 21.3 Å². The molecule has 0 saturated carbocycles. The largest absolute Gasteiger partial charge is 0.379 e. The Kier molecular flexibility index (Phi) is 6.11. The number of carbonyl (C=O) groups is 1. The number of nitrogens with zero attached hydrogens (tertiary/aromatic N) is 1. The highest BCUT2D eigenvalue weighted by molar-refractivity contribution is 7.89. The summed E-state index contributed by atoms with van der Waals surface area (Å²) in [7, 11) is -3.81. The molecule has 27 heavy (non-hydrogen) atoms. The molecule has 1 saturated heterocycles. The monoisotopic (exact) mass is 412 g/mol. The molecule has 1 fully saturated rings. The van der Waals surface area contributed by atoms with Crippen LogP contribution in [0, 0.1) is 5.82 Å². The van der Waals surface area contributed by atoms with Gasteiger partial charge in [0.2, 0.25) is 10.0 Å². The molecule has 0 bridgehead atoms. The second kappa shape index (κ2) is 8.35.